The van der Waals surface area contributed by atoms with E-state index in [1.54, 1.807) is 30.9 Å². The van der Waals surface area contributed by atoms with Gasteiger partial charge in [-0.2, -0.15) is 0 Å². The Morgan fingerprint density at radius 3 is 2.48 bits per heavy atom. The lowest BCUT2D eigenvalue weighted by molar-refractivity contribution is 0.0177. The van der Waals surface area contributed by atoms with E-state index in [2.05, 4.69) is 4.90 Å². The quantitative estimate of drug-likeness (QED) is 0.922. The van der Waals surface area contributed by atoms with Crippen LogP contribution in [0.1, 0.15) is 29.8 Å². The third-order valence-corrected chi connectivity index (χ3v) is 3.62. The Morgan fingerprint density at radius 1 is 1.29 bits per heavy atom. The number of halogens is 1. The molecule has 116 valence electrons. The van der Waals surface area contributed by atoms with E-state index < -0.39 is 11.4 Å². The van der Waals surface area contributed by atoms with Gasteiger partial charge in [0, 0.05) is 32.7 Å². The van der Waals surface area contributed by atoms with Gasteiger partial charge in [0.2, 0.25) is 0 Å². The number of hydrogen-bond acceptors (Lipinski definition) is 3. The topological polar surface area (TPSA) is 43.8 Å². The molecule has 0 unspecified atom stereocenters. The molecule has 5 heteroatoms. The fourth-order valence-corrected chi connectivity index (χ4v) is 2.63. The lowest BCUT2D eigenvalue weighted by Gasteiger charge is -2.37. The Labute approximate surface area is 125 Å². The number of piperazine rings is 1. The van der Waals surface area contributed by atoms with Crippen LogP contribution < -0.4 is 0 Å². The minimum atomic E-state index is -0.741. The van der Waals surface area contributed by atoms with E-state index in [0.29, 0.717) is 32.7 Å². The number of hydrogen-bond donors (Lipinski definition) is 1. The molecule has 0 bridgehead atoms. The number of carbonyl (C=O) groups excluding carboxylic acids is 1. The molecule has 0 aliphatic carbocycles. The molecule has 0 aromatic heterocycles. The Kier molecular flexibility index (Phi) is 4.64. The van der Waals surface area contributed by atoms with E-state index in [9.17, 15) is 14.3 Å². The number of benzene rings is 1. The predicted octanol–water partition coefficient (Wildman–Crippen LogP) is 1.66. The zero-order valence-corrected chi connectivity index (χ0v) is 12.9. The van der Waals surface area contributed by atoms with Gasteiger partial charge < -0.3 is 10.0 Å². The lowest BCUT2D eigenvalue weighted by Crippen LogP contribution is -2.52. The van der Waals surface area contributed by atoms with Crippen LogP contribution >= 0.6 is 0 Å². The first-order valence-electron chi connectivity index (χ1n) is 7.26. The van der Waals surface area contributed by atoms with Crippen molar-refractivity contribution in [1.82, 2.24) is 9.80 Å². The minimum Gasteiger partial charge on any atom is -0.389 e. The molecule has 0 atom stereocenters. The molecule has 1 saturated heterocycles. The second-order valence-corrected chi connectivity index (χ2v) is 6.36. The van der Waals surface area contributed by atoms with Crippen LogP contribution in [0.2, 0.25) is 0 Å². The summed E-state index contributed by atoms with van der Waals surface area (Å²) >= 11 is 0. The van der Waals surface area contributed by atoms with E-state index in [0.717, 1.165) is 5.56 Å². The number of aryl methyl sites for hydroxylation is 1. The van der Waals surface area contributed by atoms with Crippen LogP contribution in [0.15, 0.2) is 18.2 Å². The van der Waals surface area contributed by atoms with Crippen LogP contribution in [0, 0.1) is 12.7 Å². The monoisotopic (exact) mass is 294 g/mol. The van der Waals surface area contributed by atoms with Gasteiger partial charge >= 0.3 is 0 Å². The van der Waals surface area contributed by atoms with Crippen molar-refractivity contribution in [2.45, 2.75) is 26.4 Å². The molecule has 1 fully saturated rings. The van der Waals surface area contributed by atoms with Gasteiger partial charge in [0.25, 0.3) is 5.91 Å². The fourth-order valence-electron chi connectivity index (χ4n) is 2.63. The molecule has 21 heavy (non-hydrogen) atoms. The maximum atomic E-state index is 13.8. The average molecular weight is 294 g/mol. The Balaban J connectivity index is 1.99. The number of carbonyl (C=O) groups is 1. The summed E-state index contributed by atoms with van der Waals surface area (Å²) in [5.41, 5.74) is 0.279. The number of β-amino-alcohol motifs (C(OH)–C–C–N with tert-alkyl or cyclic N) is 1. The molecule has 0 radical (unpaired) electrons. The summed E-state index contributed by atoms with van der Waals surface area (Å²) in [6, 6.07) is 4.60. The summed E-state index contributed by atoms with van der Waals surface area (Å²) in [5.74, 6) is -0.719. The zero-order chi connectivity index (χ0) is 15.6. The zero-order valence-electron chi connectivity index (χ0n) is 12.9. The Bertz CT molecular complexity index is 517. The van der Waals surface area contributed by atoms with Gasteiger partial charge in [0.05, 0.1) is 11.2 Å². The highest BCUT2D eigenvalue weighted by atomic mass is 19.1. The van der Waals surface area contributed by atoms with E-state index in [1.807, 2.05) is 6.92 Å². The maximum Gasteiger partial charge on any atom is 0.256 e. The molecule has 0 spiro atoms. The highest BCUT2D eigenvalue weighted by molar-refractivity contribution is 5.94. The second-order valence-electron chi connectivity index (χ2n) is 6.36. The summed E-state index contributed by atoms with van der Waals surface area (Å²) in [6.07, 6.45) is 0. The van der Waals surface area contributed by atoms with E-state index >= 15 is 0 Å². The van der Waals surface area contributed by atoms with Crippen molar-refractivity contribution in [1.29, 1.82) is 0 Å². The minimum absolute atomic E-state index is 0.144. The van der Waals surface area contributed by atoms with Crippen molar-refractivity contribution < 1.29 is 14.3 Å². The molecule has 2 rings (SSSR count). The maximum absolute atomic E-state index is 13.8. The molecule has 4 nitrogen and oxygen atoms in total. The molecule has 0 saturated carbocycles. The second kappa shape index (κ2) is 6.12. The van der Waals surface area contributed by atoms with Crippen LogP contribution in [0.3, 0.4) is 0 Å². The number of amides is 1. The normalized spacial score (nSPS) is 17.1. The van der Waals surface area contributed by atoms with E-state index in [1.165, 1.54) is 6.07 Å². The van der Waals surface area contributed by atoms with Gasteiger partial charge in [0.1, 0.15) is 5.82 Å². The molecular weight excluding hydrogens is 271 g/mol. The standard InChI is InChI=1S/C16H23FN2O2/c1-12-4-5-14(17)13(10-12)15(20)19-8-6-18(7-9-19)11-16(2,3)21/h4-5,10,21H,6-9,11H2,1-3H3. The van der Waals surface area contributed by atoms with Crippen molar-refractivity contribution in [3.8, 4) is 0 Å². The Hall–Kier alpha value is -1.46. The highest BCUT2D eigenvalue weighted by Gasteiger charge is 2.26. The molecule has 1 aromatic carbocycles. The lowest BCUT2D eigenvalue weighted by atomic mass is 10.1. The molecule has 1 N–H and O–H groups in total. The Morgan fingerprint density at radius 2 is 1.90 bits per heavy atom. The third-order valence-electron chi connectivity index (χ3n) is 3.62. The smallest absolute Gasteiger partial charge is 0.256 e. The van der Waals surface area contributed by atoms with Crippen LogP contribution in [0.4, 0.5) is 4.39 Å². The van der Waals surface area contributed by atoms with E-state index in [-0.39, 0.29) is 11.5 Å². The van der Waals surface area contributed by atoms with Crippen molar-refractivity contribution in [2.24, 2.45) is 0 Å². The molecule has 1 aliphatic rings. The van der Waals surface area contributed by atoms with Crippen LogP contribution in [-0.4, -0.2) is 59.1 Å². The van der Waals surface area contributed by atoms with Crippen molar-refractivity contribution in [3.05, 3.63) is 35.1 Å². The summed E-state index contributed by atoms with van der Waals surface area (Å²) < 4.78 is 13.8. The first-order valence-corrected chi connectivity index (χ1v) is 7.26. The molecular formula is C16H23FN2O2. The number of rotatable bonds is 3. The average Bonchev–Trinajstić information content (AvgIpc) is 2.40. The van der Waals surface area contributed by atoms with Crippen LogP contribution in [0.25, 0.3) is 0 Å². The molecule has 1 amide bonds. The van der Waals surface area contributed by atoms with Crippen molar-refractivity contribution in [2.75, 3.05) is 32.7 Å². The van der Waals surface area contributed by atoms with Gasteiger partial charge in [-0.25, -0.2) is 4.39 Å². The number of aliphatic hydroxyl groups is 1. The van der Waals surface area contributed by atoms with Crippen molar-refractivity contribution >= 4 is 5.91 Å². The molecule has 1 heterocycles. The summed E-state index contributed by atoms with van der Waals surface area (Å²) in [7, 11) is 0. The van der Waals surface area contributed by atoms with Gasteiger partial charge in [0.15, 0.2) is 0 Å². The first-order chi connectivity index (χ1) is 9.76. The third kappa shape index (κ3) is 4.25. The predicted molar refractivity (Wildman–Crippen MR) is 79.8 cm³/mol. The summed E-state index contributed by atoms with van der Waals surface area (Å²) in [4.78, 5) is 16.2. The van der Waals surface area contributed by atoms with Crippen LogP contribution in [-0.2, 0) is 0 Å². The largest absolute Gasteiger partial charge is 0.389 e. The summed E-state index contributed by atoms with van der Waals surface area (Å²) in [5, 5.41) is 9.82. The first kappa shape index (κ1) is 15.9. The van der Waals surface area contributed by atoms with E-state index in [4.69, 9.17) is 0 Å². The highest BCUT2D eigenvalue weighted by Crippen LogP contribution is 2.15. The van der Waals surface area contributed by atoms with Crippen LogP contribution in [0.5, 0.6) is 0 Å². The van der Waals surface area contributed by atoms with Gasteiger partial charge in [-0.15, -0.1) is 0 Å². The van der Waals surface area contributed by atoms with Gasteiger partial charge in [-0.1, -0.05) is 11.6 Å². The number of nitrogens with zero attached hydrogens (tertiary/aromatic N) is 2. The SMILES string of the molecule is Cc1ccc(F)c(C(=O)N2CCN(CC(C)(C)O)CC2)c1. The van der Waals surface area contributed by atoms with Gasteiger partial charge in [-0.05, 0) is 32.9 Å². The summed E-state index contributed by atoms with van der Waals surface area (Å²) in [6.45, 7) is 8.47. The molecule has 1 aromatic rings. The van der Waals surface area contributed by atoms with Crippen molar-refractivity contribution in [3.63, 3.8) is 0 Å². The fraction of sp³-hybridized carbons (Fsp3) is 0.562. The molecule has 1 aliphatic heterocycles. The van der Waals surface area contributed by atoms with Gasteiger partial charge in [-0.3, -0.25) is 9.69 Å².